The van der Waals surface area contributed by atoms with Gasteiger partial charge >= 0.3 is 0 Å². The Hall–Kier alpha value is -3.67. The van der Waals surface area contributed by atoms with Gasteiger partial charge in [0.15, 0.2) is 5.82 Å². The van der Waals surface area contributed by atoms with Crippen LogP contribution in [0.15, 0.2) is 79.3 Å². The number of hydrogen-bond donors (Lipinski definition) is 1. The van der Waals surface area contributed by atoms with E-state index >= 15 is 0 Å². The first kappa shape index (κ1) is 16.8. The van der Waals surface area contributed by atoms with E-state index in [-0.39, 0.29) is 5.91 Å². The third kappa shape index (κ3) is 3.37. The van der Waals surface area contributed by atoms with Gasteiger partial charge in [0.1, 0.15) is 5.56 Å². The number of para-hydroxylation sites is 1. The molecule has 1 aromatic carbocycles. The van der Waals surface area contributed by atoms with Crippen LogP contribution < -0.4 is 5.32 Å². The molecule has 0 aliphatic heterocycles. The zero-order valence-corrected chi connectivity index (χ0v) is 14.9. The summed E-state index contributed by atoms with van der Waals surface area (Å²) in [5.74, 6) is 0.534. The first-order valence-electron chi connectivity index (χ1n) is 8.70. The van der Waals surface area contributed by atoms with E-state index in [4.69, 9.17) is 0 Å². The summed E-state index contributed by atoms with van der Waals surface area (Å²) in [6.07, 6.45) is 5.53. The fourth-order valence-electron chi connectivity index (χ4n) is 3.01. The number of hydrogen-bond acceptors (Lipinski definition) is 3. The van der Waals surface area contributed by atoms with E-state index in [2.05, 4.69) is 15.4 Å². The average molecular weight is 357 g/mol. The zero-order chi connectivity index (χ0) is 18.6. The quantitative estimate of drug-likeness (QED) is 0.596. The van der Waals surface area contributed by atoms with Gasteiger partial charge in [-0.1, -0.05) is 24.3 Å². The molecule has 4 rings (SSSR count). The summed E-state index contributed by atoms with van der Waals surface area (Å²) in [6, 6.07) is 19.3. The van der Waals surface area contributed by atoms with Crippen LogP contribution in [0.4, 0.5) is 0 Å². The van der Waals surface area contributed by atoms with Crippen molar-refractivity contribution < 1.29 is 4.79 Å². The Morgan fingerprint density at radius 3 is 2.44 bits per heavy atom. The molecule has 0 spiro atoms. The molecular formula is C21H19N5O. The van der Waals surface area contributed by atoms with Gasteiger partial charge in [0.05, 0.1) is 23.6 Å². The number of benzene rings is 1. The summed E-state index contributed by atoms with van der Waals surface area (Å²) in [4.78, 5) is 17.2. The number of pyridine rings is 1. The fraction of sp³-hybridized carbons (Fsp3) is 0.0952. The Kier molecular flexibility index (Phi) is 4.53. The second kappa shape index (κ2) is 7.29. The standard InChI is InChI=1S/C21H19N5O/c1-16-19(20(27)23-15-17-9-5-6-12-22-17)21(25-13-7-8-14-25)26(24-16)18-10-3-2-4-11-18/h2-14H,15H2,1H3,(H,23,27). The molecule has 0 unspecified atom stereocenters. The summed E-state index contributed by atoms with van der Waals surface area (Å²) in [7, 11) is 0. The van der Waals surface area contributed by atoms with E-state index in [0.717, 1.165) is 11.4 Å². The number of aryl methyl sites for hydroxylation is 1. The maximum Gasteiger partial charge on any atom is 0.257 e. The molecule has 0 atom stereocenters. The minimum atomic E-state index is -0.177. The topological polar surface area (TPSA) is 64.7 Å². The van der Waals surface area contributed by atoms with E-state index < -0.39 is 0 Å². The van der Waals surface area contributed by atoms with Crippen LogP contribution in [0.3, 0.4) is 0 Å². The molecule has 0 radical (unpaired) electrons. The molecule has 0 saturated heterocycles. The molecule has 3 heterocycles. The molecule has 134 valence electrons. The lowest BCUT2D eigenvalue weighted by atomic mass is 10.2. The van der Waals surface area contributed by atoms with Gasteiger partial charge in [0.2, 0.25) is 0 Å². The molecule has 27 heavy (non-hydrogen) atoms. The van der Waals surface area contributed by atoms with E-state index in [1.807, 2.05) is 84.5 Å². The van der Waals surface area contributed by atoms with Crippen LogP contribution in [-0.4, -0.2) is 25.2 Å². The largest absolute Gasteiger partial charge is 0.346 e. The summed E-state index contributed by atoms with van der Waals surface area (Å²) < 4.78 is 3.70. The molecule has 0 bridgehead atoms. The Labute approximate surface area is 157 Å². The van der Waals surface area contributed by atoms with E-state index in [9.17, 15) is 4.79 Å². The highest BCUT2D eigenvalue weighted by molar-refractivity contribution is 5.98. The van der Waals surface area contributed by atoms with Gasteiger partial charge in [-0.3, -0.25) is 9.78 Å². The predicted octanol–water partition coefficient (Wildman–Crippen LogP) is 3.30. The van der Waals surface area contributed by atoms with Crippen LogP contribution in [0.5, 0.6) is 0 Å². The summed E-state index contributed by atoms with van der Waals surface area (Å²) in [5.41, 5.74) is 2.92. The van der Waals surface area contributed by atoms with E-state index in [1.54, 1.807) is 10.9 Å². The SMILES string of the molecule is Cc1nn(-c2ccccc2)c(-n2cccc2)c1C(=O)NCc1ccccn1. The average Bonchev–Trinajstić information content (AvgIpc) is 3.35. The normalized spacial score (nSPS) is 10.7. The molecule has 3 aromatic heterocycles. The molecule has 0 aliphatic carbocycles. The maximum absolute atomic E-state index is 13.0. The lowest BCUT2D eigenvalue weighted by molar-refractivity contribution is 0.0950. The third-order valence-electron chi connectivity index (χ3n) is 4.27. The van der Waals surface area contributed by atoms with Crippen LogP contribution in [0, 0.1) is 6.92 Å². The van der Waals surface area contributed by atoms with Gasteiger partial charge in [-0.25, -0.2) is 4.68 Å². The molecule has 0 saturated carbocycles. The lowest BCUT2D eigenvalue weighted by Gasteiger charge is -2.11. The minimum absolute atomic E-state index is 0.177. The molecular weight excluding hydrogens is 338 g/mol. The highest BCUT2D eigenvalue weighted by atomic mass is 16.1. The summed E-state index contributed by atoms with van der Waals surface area (Å²) in [6.45, 7) is 2.21. The van der Waals surface area contributed by atoms with Gasteiger partial charge in [-0.05, 0) is 43.3 Å². The van der Waals surface area contributed by atoms with Gasteiger partial charge in [0, 0.05) is 18.6 Å². The van der Waals surface area contributed by atoms with Crippen molar-refractivity contribution in [2.24, 2.45) is 0 Å². The van der Waals surface area contributed by atoms with Crippen molar-refractivity contribution in [3.63, 3.8) is 0 Å². The first-order chi connectivity index (χ1) is 13.2. The van der Waals surface area contributed by atoms with E-state index in [1.165, 1.54) is 0 Å². The van der Waals surface area contributed by atoms with Gasteiger partial charge in [-0.15, -0.1) is 0 Å². The number of nitrogens with one attached hydrogen (secondary N) is 1. The highest BCUT2D eigenvalue weighted by Crippen LogP contribution is 2.23. The zero-order valence-electron chi connectivity index (χ0n) is 14.9. The second-order valence-corrected chi connectivity index (χ2v) is 6.13. The fourth-order valence-corrected chi connectivity index (χ4v) is 3.01. The van der Waals surface area contributed by atoms with Crippen LogP contribution in [0.2, 0.25) is 0 Å². The van der Waals surface area contributed by atoms with Crippen LogP contribution in [0.25, 0.3) is 11.5 Å². The number of amides is 1. The molecule has 4 aromatic rings. The number of aromatic nitrogens is 4. The highest BCUT2D eigenvalue weighted by Gasteiger charge is 2.23. The summed E-state index contributed by atoms with van der Waals surface area (Å²) >= 11 is 0. The Balaban J connectivity index is 1.74. The van der Waals surface area contributed by atoms with Crippen molar-refractivity contribution in [1.82, 2.24) is 24.6 Å². The van der Waals surface area contributed by atoms with Crippen molar-refractivity contribution in [1.29, 1.82) is 0 Å². The summed E-state index contributed by atoms with van der Waals surface area (Å²) in [5, 5.41) is 7.59. The molecule has 6 heteroatoms. The van der Waals surface area contributed by atoms with Gasteiger partial charge in [-0.2, -0.15) is 5.10 Å². The van der Waals surface area contributed by atoms with Crippen molar-refractivity contribution in [2.45, 2.75) is 13.5 Å². The molecule has 6 nitrogen and oxygen atoms in total. The Bertz CT molecular complexity index is 1040. The molecule has 1 amide bonds. The molecule has 0 aliphatic rings. The number of rotatable bonds is 5. The number of carbonyl (C=O) groups excluding carboxylic acids is 1. The maximum atomic E-state index is 13.0. The van der Waals surface area contributed by atoms with Crippen molar-refractivity contribution >= 4 is 5.91 Å². The predicted molar refractivity (Wildman–Crippen MR) is 103 cm³/mol. The smallest absolute Gasteiger partial charge is 0.257 e. The Morgan fingerprint density at radius 2 is 1.74 bits per heavy atom. The van der Waals surface area contributed by atoms with Crippen LogP contribution in [-0.2, 0) is 6.54 Å². The lowest BCUT2D eigenvalue weighted by Crippen LogP contribution is -2.25. The van der Waals surface area contributed by atoms with Crippen molar-refractivity contribution in [3.8, 4) is 11.5 Å². The first-order valence-corrected chi connectivity index (χ1v) is 8.70. The monoisotopic (exact) mass is 357 g/mol. The van der Waals surface area contributed by atoms with Crippen molar-refractivity contribution in [3.05, 3.63) is 96.2 Å². The third-order valence-corrected chi connectivity index (χ3v) is 4.27. The van der Waals surface area contributed by atoms with Gasteiger partial charge in [0.25, 0.3) is 5.91 Å². The second-order valence-electron chi connectivity index (χ2n) is 6.13. The number of nitrogens with zero attached hydrogens (tertiary/aromatic N) is 4. The van der Waals surface area contributed by atoms with Crippen LogP contribution in [0.1, 0.15) is 21.7 Å². The van der Waals surface area contributed by atoms with E-state index in [0.29, 0.717) is 23.6 Å². The molecule has 0 fully saturated rings. The van der Waals surface area contributed by atoms with Crippen LogP contribution >= 0.6 is 0 Å². The minimum Gasteiger partial charge on any atom is -0.346 e. The molecule has 1 N–H and O–H groups in total. The van der Waals surface area contributed by atoms with Gasteiger partial charge < -0.3 is 9.88 Å². The number of carbonyl (C=O) groups is 1. The Morgan fingerprint density at radius 1 is 1.00 bits per heavy atom. The van der Waals surface area contributed by atoms with Crippen molar-refractivity contribution in [2.75, 3.05) is 0 Å².